The summed E-state index contributed by atoms with van der Waals surface area (Å²) in [7, 11) is -3.30. The monoisotopic (exact) mass is 253 g/mol. The third-order valence-corrected chi connectivity index (χ3v) is 3.79. The maximum atomic E-state index is 12.8. The van der Waals surface area contributed by atoms with Crippen LogP contribution in [-0.2, 0) is 16.4 Å². The van der Waals surface area contributed by atoms with E-state index >= 15 is 0 Å². The normalized spacial score (nSPS) is 10.9. The zero-order chi connectivity index (χ0) is 10.8. The van der Waals surface area contributed by atoms with Gasteiger partial charge in [-0.25, -0.2) is 12.8 Å². The Bertz CT molecular complexity index is 434. The van der Waals surface area contributed by atoms with Crippen LogP contribution in [0.25, 0.3) is 0 Å². The molecule has 1 rings (SSSR count). The van der Waals surface area contributed by atoms with Crippen molar-refractivity contribution in [2.75, 3.05) is 5.75 Å². The molecule has 0 spiro atoms. The summed E-state index contributed by atoms with van der Waals surface area (Å²) in [6, 6.07) is 3.54. The van der Waals surface area contributed by atoms with Gasteiger partial charge in [-0.15, -0.1) is 12.4 Å². The molecule has 0 radical (unpaired) electrons. The van der Waals surface area contributed by atoms with Crippen molar-refractivity contribution in [2.24, 2.45) is 5.73 Å². The minimum Gasteiger partial charge on any atom is -0.326 e. The van der Waals surface area contributed by atoms with E-state index in [1.165, 1.54) is 6.07 Å². The predicted molar refractivity (Wildman–Crippen MR) is 59.3 cm³/mol. The molecule has 0 atom stereocenters. The van der Waals surface area contributed by atoms with Crippen molar-refractivity contribution in [3.05, 3.63) is 29.6 Å². The van der Waals surface area contributed by atoms with Crippen molar-refractivity contribution in [3.8, 4) is 0 Å². The first-order valence-corrected chi connectivity index (χ1v) is 5.87. The maximum absolute atomic E-state index is 12.8. The van der Waals surface area contributed by atoms with E-state index in [1.54, 1.807) is 6.92 Å². The first-order valence-electron chi connectivity index (χ1n) is 4.22. The van der Waals surface area contributed by atoms with E-state index in [4.69, 9.17) is 5.73 Å². The molecule has 0 heterocycles. The van der Waals surface area contributed by atoms with E-state index in [0.29, 0.717) is 5.56 Å². The number of halogens is 2. The molecule has 1 aromatic rings. The standard InChI is InChI=1S/C9H12FNO2S.ClH/c1-2-14(12,13)9-4-3-8(10)5-7(9)6-11;/h3-5H,2,6,11H2,1H3;1H. The number of sulfone groups is 1. The molecular formula is C9H13ClFNO2S. The number of nitrogens with two attached hydrogens (primary N) is 1. The van der Waals surface area contributed by atoms with E-state index in [9.17, 15) is 12.8 Å². The van der Waals surface area contributed by atoms with Crippen LogP contribution in [0.3, 0.4) is 0 Å². The van der Waals surface area contributed by atoms with Crippen molar-refractivity contribution in [2.45, 2.75) is 18.4 Å². The fraction of sp³-hybridized carbons (Fsp3) is 0.333. The molecule has 3 nitrogen and oxygen atoms in total. The second kappa shape index (κ2) is 5.44. The SMILES string of the molecule is CCS(=O)(=O)c1ccc(F)cc1CN.Cl. The fourth-order valence-electron chi connectivity index (χ4n) is 1.17. The Hall–Kier alpha value is -0.650. The zero-order valence-corrected chi connectivity index (χ0v) is 9.87. The molecule has 0 bridgehead atoms. The molecule has 0 aromatic heterocycles. The van der Waals surface area contributed by atoms with E-state index in [2.05, 4.69) is 0 Å². The van der Waals surface area contributed by atoms with Crippen molar-refractivity contribution < 1.29 is 12.8 Å². The molecule has 0 fully saturated rings. The highest BCUT2D eigenvalue weighted by atomic mass is 35.5. The van der Waals surface area contributed by atoms with Crippen molar-refractivity contribution in [1.29, 1.82) is 0 Å². The molecule has 0 saturated heterocycles. The highest BCUT2D eigenvalue weighted by molar-refractivity contribution is 7.91. The van der Waals surface area contributed by atoms with Crippen LogP contribution in [0.15, 0.2) is 23.1 Å². The van der Waals surface area contributed by atoms with Crippen LogP contribution in [-0.4, -0.2) is 14.2 Å². The lowest BCUT2D eigenvalue weighted by molar-refractivity contribution is 0.594. The molecule has 2 N–H and O–H groups in total. The molecule has 0 saturated carbocycles. The average Bonchev–Trinajstić information content (AvgIpc) is 2.17. The number of rotatable bonds is 3. The Morgan fingerprint density at radius 3 is 2.47 bits per heavy atom. The number of hydrogen-bond acceptors (Lipinski definition) is 3. The molecule has 0 aliphatic rings. The molecule has 1 aromatic carbocycles. The lowest BCUT2D eigenvalue weighted by Gasteiger charge is -2.06. The van der Waals surface area contributed by atoms with E-state index in [0.717, 1.165) is 12.1 Å². The predicted octanol–water partition coefficient (Wildman–Crippen LogP) is 1.50. The van der Waals surface area contributed by atoms with Crippen LogP contribution in [0.1, 0.15) is 12.5 Å². The Balaban J connectivity index is 0.00000196. The lowest BCUT2D eigenvalue weighted by atomic mass is 10.2. The Kier molecular flexibility index (Phi) is 5.20. The molecule has 15 heavy (non-hydrogen) atoms. The fourth-order valence-corrected chi connectivity index (χ4v) is 2.29. The van der Waals surface area contributed by atoms with Gasteiger partial charge in [-0.3, -0.25) is 0 Å². The second-order valence-corrected chi connectivity index (χ2v) is 5.11. The van der Waals surface area contributed by atoms with Gasteiger partial charge >= 0.3 is 0 Å². The molecule has 0 unspecified atom stereocenters. The minimum atomic E-state index is -3.30. The highest BCUT2D eigenvalue weighted by Gasteiger charge is 2.15. The van der Waals surface area contributed by atoms with Crippen molar-refractivity contribution in [3.63, 3.8) is 0 Å². The summed E-state index contributed by atoms with van der Waals surface area (Å²) in [5, 5.41) is 0. The van der Waals surface area contributed by atoms with Crippen LogP contribution in [0.5, 0.6) is 0 Å². The van der Waals surface area contributed by atoms with Crippen LogP contribution in [0.4, 0.5) is 4.39 Å². The number of benzene rings is 1. The van der Waals surface area contributed by atoms with E-state index in [-0.39, 0.29) is 29.6 Å². The summed E-state index contributed by atoms with van der Waals surface area (Å²) in [6.07, 6.45) is 0. The zero-order valence-electron chi connectivity index (χ0n) is 8.23. The molecule has 0 aliphatic heterocycles. The van der Waals surface area contributed by atoms with Gasteiger partial charge in [0.1, 0.15) is 5.82 Å². The smallest absolute Gasteiger partial charge is 0.178 e. The van der Waals surface area contributed by atoms with Gasteiger partial charge in [0.15, 0.2) is 9.84 Å². The quantitative estimate of drug-likeness (QED) is 0.831. The highest BCUT2D eigenvalue weighted by Crippen LogP contribution is 2.17. The lowest BCUT2D eigenvalue weighted by Crippen LogP contribution is -2.10. The molecule has 6 heteroatoms. The molecular weight excluding hydrogens is 241 g/mol. The maximum Gasteiger partial charge on any atom is 0.178 e. The third kappa shape index (κ3) is 3.15. The van der Waals surface area contributed by atoms with E-state index < -0.39 is 15.7 Å². The minimum absolute atomic E-state index is 0. The largest absolute Gasteiger partial charge is 0.326 e. The van der Waals surface area contributed by atoms with Gasteiger partial charge in [0.25, 0.3) is 0 Å². The third-order valence-electron chi connectivity index (χ3n) is 1.96. The number of hydrogen-bond donors (Lipinski definition) is 1. The van der Waals surface area contributed by atoms with Crippen LogP contribution < -0.4 is 5.73 Å². The van der Waals surface area contributed by atoms with Crippen molar-refractivity contribution in [1.82, 2.24) is 0 Å². The summed E-state index contributed by atoms with van der Waals surface area (Å²) in [4.78, 5) is 0.129. The van der Waals surface area contributed by atoms with E-state index in [1.807, 2.05) is 0 Å². The van der Waals surface area contributed by atoms with Gasteiger partial charge in [0.2, 0.25) is 0 Å². The van der Waals surface area contributed by atoms with Gasteiger partial charge in [-0.05, 0) is 23.8 Å². The average molecular weight is 254 g/mol. The summed E-state index contributed by atoms with van der Waals surface area (Å²) in [5.41, 5.74) is 5.67. The Labute approximate surface area is 94.8 Å². The summed E-state index contributed by atoms with van der Waals surface area (Å²) >= 11 is 0. The van der Waals surface area contributed by atoms with Crippen molar-refractivity contribution >= 4 is 22.2 Å². The second-order valence-electron chi connectivity index (χ2n) is 2.86. The Morgan fingerprint density at radius 2 is 2.00 bits per heavy atom. The first kappa shape index (κ1) is 14.3. The van der Waals surface area contributed by atoms with Gasteiger partial charge in [-0.1, -0.05) is 6.92 Å². The topological polar surface area (TPSA) is 60.2 Å². The molecule has 0 aliphatic carbocycles. The van der Waals surface area contributed by atoms with Gasteiger partial charge in [0.05, 0.1) is 10.6 Å². The molecule has 86 valence electrons. The summed E-state index contributed by atoms with van der Waals surface area (Å²) in [5.74, 6) is -0.480. The van der Waals surface area contributed by atoms with Gasteiger partial charge in [0, 0.05) is 6.54 Å². The summed E-state index contributed by atoms with van der Waals surface area (Å²) < 4.78 is 35.8. The first-order chi connectivity index (χ1) is 6.51. The Morgan fingerprint density at radius 1 is 1.40 bits per heavy atom. The van der Waals surface area contributed by atoms with Crippen LogP contribution >= 0.6 is 12.4 Å². The summed E-state index contributed by atoms with van der Waals surface area (Å²) in [6.45, 7) is 1.56. The van der Waals surface area contributed by atoms with Gasteiger partial charge in [-0.2, -0.15) is 0 Å². The van der Waals surface area contributed by atoms with Gasteiger partial charge < -0.3 is 5.73 Å². The van der Waals surface area contributed by atoms with Crippen LogP contribution in [0, 0.1) is 5.82 Å². The van der Waals surface area contributed by atoms with Crippen LogP contribution in [0.2, 0.25) is 0 Å². The molecule has 0 amide bonds.